The second kappa shape index (κ2) is 14.6. The summed E-state index contributed by atoms with van der Waals surface area (Å²) in [4.78, 5) is 24.5. The molecule has 1 N–H and O–H groups in total. The average molecular weight is 572 g/mol. The first-order valence-electron chi connectivity index (χ1n) is 14.1. The SMILES string of the molecule is CCCCC(CC)C(=O)NC(Cc1ccccc1)c1nnc(SCc2cccc(C)c2)n1-c1ccc([N+](=O)[O-])cc1. The molecule has 0 saturated carbocycles. The first-order valence-corrected chi connectivity index (χ1v) is 15.1. The van der Waals surface area contributed by atoms with Gasteiger partial charge in [-0.25, -0.2) is 0 Å². The molecule has 1 aromatic heterocycles. The Labute approximate surface area is 245 Å². The minimum Gasteiger partial charge on any atom is -0.345 e. The van der Waals surface area contributed by atoms with Gasteiger partial charge in [0, 0.05) is 29.5 Å². The number of aryl methyl sites for hydroxylation is 1. The van der Waals surface area contributed by atoms with E-state index in [9.17, 15) is 14.9 Å². The molecular formula is C32H37N5O3S. The number of thioether (sulfide) groups is 1. The van der Waals surface area contributed by atoms with Crippen LogP contribution in [0.25, 0.3) is 5.69 Å². The van der Waals surface area contributed by atoms with E-state index in [1.807, 2.05) is 47.9 Å². The molecule has 0 spiro atoms. The molecule has 9 heteroatoms. The molecule has 0 saturated heterocycles. The fraction of sp³-hybridized carbons (Fsp3) is 0.344. The predicted molar refractivity (Wildman–Crippen MR) is 163 cm³/mol. The highest BCUT2D eigenvalue weighted by atomic mass is 32.2. The molecule has 0 bridgehead atoms. The van der Waals surface area contributed by atoms with Crippen LogP contribution in [0.3, 0.4) is 0 Å². The fourth-order valence-electron chi connectivity index (χ4n) is 4.83. The van der Waals surface area contributed by atoms with Crippen molar-refractivity contribution in [3.05, 3.63) is 111 Å². The van der Waals surface area contributed by atoms with Gasteiger partial charge in [-0.3, -0.25) is 19.5 Å². The zero-order valence-corrected chi connectivity index (χ0v) is 24.6. The molecule has 2 unspecified atom stereocenters. The number of aromatic nitrogens is 3. The van der Waals surface area contributed by atoms with Crippen molar-refractivity contribution in [3.8, 4) is 5.69 Å². The van der Waals surface area contributed by atoms with Gasteiger partial charge in [0.1, 0.15) is 0 Å². The van der Waals surface area contributed by atoms with Crippen molar-refractivity contribution >= 4 is 23.4 Å². The molecule has 3 aromatic carbocycles. The van der Waals surface area contributed by atoms with Crippen molar-refractivity contribution in [2.75, 3.05) is 0 Å². The number of carbonyl (C=O) groups is 1. The first-order chi connectivity index (χ1) is 19.9. The number of nitro groups is 1. The van der Waals surface area contributed by atoms with Gasteiger partial charge in [0.2, 0.25) is 5.91 Å². The van der Waals surface area contributed by atoms with Crippen LogP contribution in [0.2, 0.25) is 0 Å². The Morgan fingerprint density at radius 3 is 2.39 bits per heavy atom. The van der Waals surface area contributed by atoms with Crippen molar-refractivity contribution in [1.29, 1.82) is 0 Å². The molecule has 1 amide bonds. The standard InChI is InChI=1S/C32H37N5O3S/c1-4-6-15-26(5-2)31(38)33-29(21-24-12-8-7-9-13-24)30-34-35-32(41-22-25-14-10-11-23(3)20-25)36(30)27-16-18-28(19-17-27)37(39)40/h7-14,16-20,26,29H,4-6,15,21-22H2,1-3H3,(H,33,38). The quantitative estimate of drug-likeness (QED) is 0.0961. The van der Waals surface area contributed by atoms with Gasteiger partial charge >= 0.3 is 0 Å². The topological polar surface area (TPSA) is 103 Å². The summed E-state index contributed by atoms with van der Waals surface area (Å²) < 4.78 is 1.92. The number of nitrogens with one attached hydrogen (secondary N) is 1. The van der Waals surface area contributed by atoms with Gasteiger partial charge in [0.25, 0.3) is 5.69 Å². The first kappa shape index (κ1) is 30.0. The van der Waals surface area contributed by atoms with E-state index in [4.69, 9.17) is 0 Å². The summed E-state index contributed by atoms with van der Waals surface area (Å²) in [5.74, 6) is 1.19. The molecule has 8 nitrogen and oxygen atoms in total. The maximum Gasteiger partial charge on any atom is 0.269 e. The van der Waals surface area contributed by atoms with Gasteiger partial charge in [0.15, 0.2) is 11.0 Å². The predicted octanol–water partition coefficient (Wildman–Crippen LogP) is 7.39. The smallest absolute Gasteiger partial charge is 0.269 e. The Morgan fingerprint density at radius 2 is 1.73 bits per heavy atom. The third kappa shape index (κ3) is 8.04. The molecule has 0 aliphatic carbocycles. The lowest BCUT2D eigenvalue weighted by molar-refractivity contribution is -0.384. The largest absolute Gasteiger partial charge is 0.345 e. The number of amides is 1. The number of rotatable bonds is 14. The third-order valence-corrected chi connectivity index (χ3v) is 8.11. The Morgan fingerprint density at radius 1 is 1.00 bits per heavy atom. The fourth-order valence-corrected chi connectivity index (χ4v) is 5.74. The van der Waals surface area contributed by atoms with E-state index in [2.05, 4.69) is 47.6 Å². The molecule has 0 aliphatic rings. The van der Waals surface area contributed by atoms with E-state index in [0.717, 1.165) is 36.8 Å². The van der Waals surface area contributed by atoms with Gasteiger partial charge < -0.3 is 5.32 Å². The maximum absolute atomic E-state index is 13.5. The van der Waals surface area contributed by atoms with Crippen LogP contribution in [0, 0.1) is 23.0 Å². The molecule has 0 fully saturated rings. The monoisotopic (exact) mass is 571 g/mol. The van der Waals surface area contributed by atoms with Crippen LogP contribution in [-0.4, -0.2) is 25.6 Å². The Bertz CT molecular complexity index is 1440. The maximum atomic E-state index is 13.5. The molecule has 0 radical (unpaired) electrons. The minimum absolute atomic E-state index is 0.00758. The number of unbranched alkanes of at least 4 members (excludes halogenated alkanes) is 1. The zero-order valence-electron chi connectivity index (χ0n) is 23.8. The van der Waals surface area contributed by atoms with Crippen molar-refractivity contribution < 1.29 is 9.72 Å². The number of hydrogen-bond donors (Lipinski definition) is 1. The van der Waals surface area contributed by atoms with Crippen molar-refractivity contribution in [3.63, 3.8) is 0 Å². The van der Waals surface area contributed by atoms with Crippen LogP contribution in [0.15, 0.2) is 84.0 Å². The van der Waals surface area contributed by atoms with Gasteiger partial charge in [-0.1, -0.05) is 98.6 Å². The van der Waals surface area contributed by atoms with Crippen LogP contribution in [0.1, 0.15) is 68.1 Å². The summed E-state index contributed by atoms with van der Waals surface area (Å²) in [5, 5.41) is 24.5. The van der Waals surface area contributed by atoms with E-state index in [1.54, 1.807) is 23.9 Å². The molecule has 4 rings (SSSR count). The lowest BCUT2D eigenvalue weighted by Gasteiger charge is -2.23. The summed E-state index contributed by atoms with van der Waals surface area (Å²) in [6.07, 6.45) is 4.16. The Kier molecular flexibility index (Phi) is 10.7. The second-order valence-corrected chi connectivity index (χ2v) is 11.2. The number of nitrogens with zero attached hydrogens (tertiary/aromatic N) is 4. The summed E-state index contributed by atoms with van der Waals surface area (Å²) >= 11 is 1.54. The molecule has 2 atom stereocenters. The number of nitro benzene ring substituents is 1. The van der Waals surface area contributed by atoms with E-state index in [0.29, 0.717) is 28.8 Å². The molecule has 0 aliphatic heterocycles. The number of non-ortho nitro benzene ring substituents is 1. The van der Waals surface area contributed by atoms with Crippen LogP contribution in [0.5, 0.6) is 0 Å². The highest BCUT2D eigenvalue weighted by Gasteiger charge is 2.27. The normalized spacial score (nSPS) is 12.6. The van der Waals surface area contributed by atoms with Crippen LogP contribution in [-0.2, 0) is 17.0 Å². The molecular weight excluding hydrogens is 534 g/mol. The molecule has 41 heavy (non-hydrogen) atoms. The summed E-state index contributed by atoms with van der Waals surface area (Å²) in [7, 11) is 0. The third-order valence-electron chi connectivity index (χ3n) is 7.11. The van der Waals surface area contributed by atoms with Crippen LogP contribution in [0.4, 0.5) is 5.69 Å². The minimum atomic E-state index is -0.448. The molecule has 1 heterocycles. The van der Waals surface area contributed by atoms with E-state index in [-0.39, 0.29) is 17.5 Å². The van der Waals surface area contributed by atoms with Crippen molar-refractivity contribution in [2.45, 2.75) is 69.8 Å². The highest BCUT2D eigenvalue weighted by Crippen LogP contribution is 2.30. The lowest BCUT2D eigenvalue weighted by Crippen LogP contribution is -2.36. The van der Waals surface area contributed by atoms with Crippen LogP contribution >= 0.6 is 11.8 Å². The van der Waals surface area contributed by atoms with Gasteiger partial charge in [0.05, 0.1) is 11.0 Å². The Hall–Kier alpha value is -3.98. The van der Waals surface area contributed by atoms with Gasteiger partial charge in [-0.05, 0) is 49.4 Å². The number of carbonyl (C=O) groups excluding carboxylic acids is 1. The van der Waals surface area contributed by atoms with E-state index < -0.39 is 11.0 Å². The molecule has 214 valence electrons. The Balaban J connectivity index is 1.74. The van der Waals surface area contributed by atoms with E-state index in [1.165, 1.54) is 17.7 Å². The van der Waals surface area contributed by atoms with Crippen LogP contribution < -0.4 is 5.32 Å². The highest BCUT2D eigenvalue weighted by molar-refractivity contribution is 7.98. The van der Waals surface area contributed by atoms with Gasteiger partial charge in [-0.2, -0.15) is 0 Å². The van der Waals surface area contributed by atoms with Crippen molar-refractivity contribution in [2.24, 2.45) is 5.92 Å². The summed E-state index contributed by atoms with van der Waals surface area (Å²) in [5.41, 5.74) is 4.11. The number of hydrogen-bond acceptors (Lipinski definition) is 6. The van der Waals surface area contributed by atoms with E-state index >= 15 is 0 Å². The lowest BCUT2D eigenvalue weighted by atomic mass is 9.97. The summed E-state index contributed by atoms with van der Waals surface area (Å²) in [6.45, 7) is 6.24. The number of benzene rings is 3. The molecule has 4 aromatic rings. The van der Waals surface area contributed by atoms with Gasteiger partial charge in [-0.15, -0.1) is 10.2 Å². The van der Waals surface area contributed by atoms with Crippen molar-refractivity contribution in [1.82, 2.24) is 20.1 Å². The second-order valence-electron chi connectivity index (χ2n) is 10.2. The zero-order chi connectivity index (χ0) is 29.2. The average Bonchev–Trinajstić information content (AvgIpc) is 3.40. The summed E-state index contributed by atoms with van der Waals surface area (Å²) in [6, 6.07) is 24.2.